The van der Waals surface area contributed by atoms with Gasteiger partial charge < -0.3 is 10.2 Å². The summed E-state index contributed by atoms with van der Waals surface area (Å²) in [6.45, 7) is 3.30. The third kappa shape index (κ3) is 2.30. The lowest BCUT2D eigenvalue weighted by Crippen LogP contribution is -2.26. The summed E-state index contributed by atoms with van der Waals surface area (Å²) in [7, 11) is 0. The topological polar surface area (TPSA) is 40.5 Å². The van der Waals surface area contributed by atoms with Gasteiger partial charge in [0.2, 0.25) is 0 Å². The van der Waals surface area contributed by atoms with E-state index in [0.717, 1.165) is 0 Å². The van der Waals surface area contributed by atoms with Gasteiger partial charge >= 0.3 is 0 Å². The number of rotatable bonds is 3. The highest BCUT2D eigenvalue weighted by atomic mass is 19.1. The first-order valence-corrected chi connectivity index (χ1v) is 4.52. The molecule has 0 aliphatic heterocycles. The fraction of sp³-hybridized carbons (Fsp3) is 0.455. The maximum Gasteiger partial charge on any atom is 0.123 e. The lowest BCUT2D eigenvalue weighted by atomic mass is 9.83. The van der Waals surface area contributed by atoms with Gasteiger partial charge in [-0.1, -0.05) is 26.0 Å². The summed E-state index contributed by atoms with van der Waals surface area (Å²) < 4.78 is 12.8. The molecule has 78 valence electrons. The van der Waals surface area contributed by atoms with Gasteiger partial charge in [-0.05, 0) is 17.7 Å². The lowest BCUT2D eigenvalue weighted by molar-refractivity contribution is 0.00621. The molecule has 1 aromatic rings. The van der Waals surface area contributed by atoms with Crippen molar-refractivity contribution in [2.75, 3.05) is 6.61 Å². The average Bonchev–Trinajstić information content (AvgIpc) is 2.16. The fourth-order valence-electron chi connectivity index (χ4n) is 1.21. The van der Waals surface area contributed by atoms with E-state index in [9.17, 15) is 9.50 Å². The molecule has 0 spiro atoms. The largest absolute Gasteiger partial charge is 0.396 e. The van der Waals surface area contributed by atoms with Crippen molar-refractivity contribution in [2.24, 2.45) is 5.41 Å². The van der Waals surface area contributed by atoms with Crippen LogP contribution >= 0.6 is 0 Å². The summed E-state index contributed by atoms with van der Waals surface area (Å²) in [6.07, 6.45) is -0.858. The Kier molecular flexibility index (Phi) is 3.24. The zero-order valence-electron chi connectivity index (χ0n) is 8.37. The Hall–Kier alpha value is -0.930. The molecule has 0 saturated carbocycles. The quantitative estimate of drug-likeness (QED) is 0.778. The van der Waals surface area contributed by atoms with Crippen molar-refractivity contribution in [3.05, 3.63) is 35.6 Å². The molecule has 0 bridgehead atoms. The smallest absolute Gasteiger partial charge is 0.123 e. The number of aliphatic hydroxyl groups is 2. The minimum Gasteiger partial charge on any atom is -0.396 e. The minimum atomic E-state index is -0.858. The minimum absolute atomic E-state index is 0.148. The fourth-order valence-corrected chi connectivity index (χ4v) is 1.21. The molecule has 1 unspecified atom stereocenters. The maximum absolute atomic E-state index is 12.8. The van der Waals surface area contributed by atoms with Crippen molar-refractivity contribution >= 4 is 0 Å². The number of hydrogen-bond donors (Lipinski definition) is 2. The molecule has 0 fully saturated rings. The summed E-state index contributed by atoms with van der Waals surface area (Å²) >= 11 is 0. The van der Waals surface area contributed by atoms with E-state index in [4.69, 9.17) is 5.11 Å². The summed E-state index contributed by atoms with van der Waals surface area (Å²) in [5.74, 6) is -0.379. The molecule has 14 heavy (non-hydrogen) atoms. The number of aliphatic hydroxyl groups excluding tert-OH is 2. The zero-order valence-corrected chi connectivity index (χ0v) is 8.37. The van der Waals surface area contributed by atoms with Gasteiger partial charge in [-0.25, -0.2) is 4.39 Å². The Morgan fingerprint density at radius 2 is 2.07 bits per heavy atom. The third-order valence-corrected chi connectivity index (χ3v) is 2.31. The van der Waals surface area contributed by atoms with Crippen LogP contribution in [-0.2, 0) is 0 Å². The van der Waals surface area contributed by atoms with E-state index in [0.29, 0.717) is 5.56 Å². The molecular formula is C11H15FO2. The van der Waals surface area contributed by atoms with Gasteiger partial charge in [0.25, 0.3) is 0 Å². The normalized spacial score (nSPS) is 14.1. The maximum atomic E-state index is 12.8. The van der Waals surface area contributed by atoms with E-state index in [-0.39, 0.29) is 12.4 Å². The molecule has 2 nitrogen and oxygen atoms in total. The van der Waals surface area contributed by atoms with E-state index in [1.807, 2.05) is 0 Å². The second kappa shape index (κ2) is 4.07. The first-order valence-electron chi connectivity index (χ1n) is 4.52. The molecule has 1 atom stereocenters. The standard InChI is InChI=1S/C11H15FO2/c1-11(2,7-13)10(14)8-4-3-5-9(12)6-8/h3-6,10,13-14H,7H2,1-2H3. The van der Waals surface area contributed by atoms with Gasteiger partial charge in [0.1, 0.15) is 5.82 Å². The summed E-state index contributed by atoms with van der Waals surface area (Å²) in [5, 5.41) is 18.9. The van der Waals surface area contributed by atoms with Gasteiger partial charge in [-0.2, -0.15) is 0 Å². The van der Waals surface area contributed by atoms with E-state index >= 15 is 0 Å². The van der Waals surface area contributed by atoms with Crippen LogP contribution in [0.2, 0.25) is 0 Å². The summed E-state index contributed by atoms with van der Waals surface area (Å²) in [5.41, 5.74) is -0.169. The van der Waals surface area contributed by atoms with E-state index in [1.54, 1.807) is 26.0 Å². The first-order chi connectivity index (χ1) is 6.47. The van der Waals surface area contributed by atoms with Crippen LogP contribution in [0.1, 0.15) is 25.5 Å². The van der Waals surface area contributed by atoms with Crippen LogP contribution < -0.4 is 0 Å². The van der Waals surface area contributed by atoms with Gasteiger partial charge in [-0.3, -0.25) is 0 Å². The molecule has 0 aromatic heterocycles. The highest BCUT2D eigenvalue weighted by Gasteiger charge is 2.28. The van der Waals surface area contributed by atoms with Crippen molar-refractivity contribution in [3.8, 4) is 0 Å². The van der Waals surface area contributed by atoms with Crippen molar-refractivity contribution in [1.29, 1.82) is 0 Å². The first kappa shape index (κ1) is 11.1. The number of halogens is 1. The number of hydrogen-bond acceptors (Lipinski definition) is 2. The van der Waals surface area contributed by atoms with Crippen LogP contribution in [-0.4, -0.2) is 16.8 Å². The van der Waals surface area contributed by atoms with Crippen molar-refractivity contribution < 1.29 is 14.6 Å². The Labute approximate surface area is 83.0 Å². The van der Waals surface area contributed by atoms with Crippen LogP contribution in [0.3, 0.4) is 0 Å². The Balaban J connectivity index is 2.94. The van der Waals surface area contributed by atoms with Crippen molar-refractivity contribution in [1.82, 2.24) is 0 Å². The molecule has 0 amide bonds. The van der Waals surface area contributed by atoms with E-state index in [1.165, 1.54) is 12.1 Å². The predicted octanol–water partition coefficient (Wildman–Crippen LogP) is 1.88. The average molecular weight is 198 g/mol. The second-order valence-corrected chi connectivity index (χ2v) is 4.10. The molecule has 1 aromatic carbocycles. The van der Waals surface area contributed by atoms with Crippen molar-refractivity contribution in [3.63, 3.8) is 0 Å². The van der Waals surface area contributed by atoms with Crippen LogP contribution in [0.5, 0.6) is 0 Å². The predicted molar refractivity (Wildman–Crippen MR) is 52.2 cm³/mol. The molecule has 3 heteroatoms. The Morgan fingerprint density at radius 1 is 1.43 bits per heavy atom. The van der Waals surface area contributed by atoms with Gasteiger partial charge in [0.15, 0.2) is 0 Å². The number of benzene rings is 1. The summed E-state index contributed by atoms with van der Waals surface area (Å²) in [4.78, 5) is 0. The van der Waals surface area contributed by atoms with Crippen LogP contribution in [0.25, 0.3) is 0 Å². The highest BCUT2D eigenvalue weighted by Crippen LogP contribution is 2.32. The molecular weight excluding hydrogens is 183 g/mol. The molecule has 0 saturated heterocycles. The SMILES string of the molecule is CC(C)(CO)C(O)c1cccc(F)c1. The third-order valence-electron chi connectivity index (χ3n) is 2.31. The van der Waals surface area contributed by atoms with Gasteiger partial charge in [0.05, 0.1) is 12.7 Å². The second-order valence-electron chi connectivity index (χ2n) is 4.10. The van der Waals surface area contributed by atoms with E-state index in [2.05, 4.69) is 0 Å². The highest BCUT2D eigenvalue weighted by molar-refractivity contribution is 5.20. The van der Waals surface area contributed by atoms with Crippen molar-refractivity contribution in [2.45, 2.75) is 20.0 Å². The van der Waals surface area contributed by atoms with Gasteiger partial charge in [-0.15, -0.1) is 0 Å². The van der Waals surface area contributed by atoms with Crippen LogP contribution in [0.15, 0.2) is 24.3 Å². The monoisotopic (exact) mass is 198 g/mol. The lowest BCUT2D eigenvalue weighted by Gasteiger charge is -2.28. The molecule has 0 radical (unpaired) electrons. The zero-order chi connectivity index (χ0) is 10.8. The molecule has 0 heterocycles. The Bertz CT molecular complexity index is 310. The molecule has 0 aliphatic rings. The molecule has 0 aliphatic carbocycles. The molecule has 1 rings (SSSR count). The van der Waals surface area contributed by atoms with Gasteiger partial charge in [0, 0.05) is 5.41 Å². The molecule has 2 N–H and O–H groups in total. The van der Waals surface area contributed by atoms with Crippen LogP contribution in [0.4, 0.5) is 4.39 Å². The van der Waals surface area contributed by atoms with E-state index < -0.39 is 11.5 Å². The summed E-state index contributed by atoms with van der Waals surface area (Å²) in [6, 6.07) is 5.79. The van der Waals surface area contributed by atoms with Crippen LogP contribution in [0, 0.1) is 11.2 Å². The Morgan fingerprint density at radius 3 is 2.57 bits per heavy atom.